The molecule has 3 aromatic rings. The molecule has 31 heavy (non-hydrogen) atoms. The van der Waals surface area contributed by atoms with Crippen LogP contribution >= 0.6 is 11.8 Å². The minimum absolute atomic E-state index is 0.613. The second kappa shape index (κ2) is 9.28. The van der Waals surface area contributed by atoms with Crippen molar-refractivity contribution in [2.24, 2.45) is 0 Å². The maximum absolute atomic E-state index is 5.54. The van der Waals surface area contributed by atoms with Crippen LogP contribution in [0.4, 0.5) is 11.5 Å². The molecule has 0 aliphatic carbocycles. The summed E-state index contributed by atoms with van der Waals surface area (Å²) >= 11 is 2.00. The number of piperazine rings is 1. The highest BCUT2D eigenvalue weighted by Gasteiger charge is 2.20. The van der Waals surface area contributed by atoms with Gasteiger partial charge in [0.05, 0.1) is 6.54 Å². The molecule has 0 radical (unpaired) electrons. The Balaban J connectivity index is 1.17. The third kappa shape index (κ3) is 4.85. The van der Waals surface area contributed by atoms with Gasteiger partial charge in [-0.15, -0.1) is 0 Å². The largest absolute Gasteiger partial charge is 0.369 e. The van der Waals surface area contributed by atoms with Crippen molar-refractivity contribution >= 4 is 23.3 Å². The Kier molecular flexibility index (Phi) is 6.08. The normalized spacial score (nSPS) is 17.8. The molecule has 2 aliphatic heterocycles. The van der Waals surface area contributed by atoms with E-state index in [1.54, 1.807) is 0 Å². The maximum atomic E-state index is 5.54. The lowest BCUT2D eigenvalue weighted by Gasteiger charge is -2.35. The quantitative estimate of drug-likeness (QED) is 0.604. The topological polar surface area (TPSA) is 61.5 Å². The SMILES string of the molecule is Cc1cccc(N2CCN(Cc3nc(-c4ccc(N5CCSCC5)nc4)no3)CC2)c1. The molecule has 7 nitrogen and oxygen atoms in total. The predicted octanol–water partition coefficient (Wildman–Crippen LogP) is 3.32. The van der Waals surface area contributed by atoms with Gasteiger partial charge in [0.1, 0.15) is 5.82 Å². The number of hydrogen-bond donors (Lipinski definition) is 0. The summed E-state index contributed by atoms with van der Waals surface area (Å²) in [5.74, 6) is 4.63. The first-order valence-electron chi connectivity index (χ1n) is 10.9. The second-order valence-electron chi connectivity index (χ2n) is 8.12. The first kappa shape index (κ1) is 20.3. The molecule has 0 bridgehead atoms. The molecular formula is C23H28N6OS. The van der Waals surface area contributed by atoms with Crippen LogP contribution in [-0.4, -0.2) is 70.8 Å². The summed E-state index contributed by atoms with van der Waals surface area (Å²) in [6.45, 7) is 8.91. The molecule has 8 heteroatoms. The number of rotatable bonds is 5. The van der Waals surface area contributed by atoms with E-state index >= 15 is 0 Å². The predicted molar refractivity (Wildman–Crippen MR) is 126 cm³/mol. The van der Waals surface area contributed by atoms with Crippen molar-refractivity contribution in [1.29, 1.82) is 0 Å². The van der Waals surface area contributed by atoms with Crippen LogP contribution in [0.1, 0.15) is 11.5 Å². The van der Waals surface area contributed by atoms with Gasteiger partial charge in [0.2, 0.25) is 11.7 Å². The number of pyridine rings is 1. The smallest absolute Gasteiger partial charge is 0.241 e. The van der Waals surface area contributed by atoms with Crippen molar-refractivity contribution in [3.8, 4) is 11.4 Å². The van der Waals surface area contributed by atoms with Gasteiger partial charge >= 0.3 is 0 Å². The van der Waals surface area contributed by atoms with Crippen LogP contribution in [0.5, 0.6) is 0 Å². The van der Waals surface area contributed by atoms with Gasteiger partial charge in [-0.05, 0) is 36.8 Å². The molecule has 5 rings (SSSR count). The minimum Gasteiger partial charge on any atom is -0.369 e. The average Bonchev–Trinajstić information content (AvgIpc) is 3.29. The molecule has 0 unspecified atom stereocenters. The monoisotopic (exact) mass is 436 g/mol. The van der Waals surface area contributed by atoms with Crippen molar-refractivity contribution in [2.75, 3.05) is 60.6 Å². The Morgan fingerprint density at radius 1 is 0.968 bits per heavy atom. The van der Waals surface area contributed by atoms with Gasteiger partial charge in [-0.2, -0.15) is 16.7 Å². The Morgan fingerprint density at radius 3 is 2.55 bits per heavy atom. The Morgan fingerprint density at radius 2 is 1.81 bits per heavy atom. The number of aryl methyl sites for hydroxylation is 1. The molecule has 0 amide bonds. The molecule has 4 heterocycles. The van der Waals surface area contributed by atoms with Crippen LogP contribution in [0, 0.1) is 6.92 Å². The van der Waals surface area contributed by atoms with Crippen molar-refractivity contribution < 1.29 is 4.52 Å². The van der Waals surface area contributed by atoms with Gasteiger partial charge in [0.15, 0.2) is 0 Å². The molecule has 2 aliphatic rings. The van der Waals surface area contributed by atoms with Crippen molar-refractivity contribution in [3.63, 3.8) is 0 Å². The van der Waals surface area contributed by atoms with Crippen molar-refractivity contribution in [3.05, 3.63) is 54.0 Å². The lowest BCUT2D eigenvalue weighted by atomic mass is 10.2. The number of aromatic nitrogens is 3. The summed E-state index contributed by atoms with van der Waals surface area (Å²) < 4.78 is 5.54. The zero-order chi connectivity index (χ0) is 21.0. The molecule has 2 aromatic heterocycles. The van der Waals surface area contributed by atoms with Crippen LogP contribution in [0.2, 0.25) is 0 Å². The summed E-state index contributed by atoms with van der Waals surface area (Å²) in [6, 6.07) is 12.8. The Hall–Kier alpha value is -2.58. The zero-order valence-electron chi connectivity index (χ0n) is 17.9. The van der Waals surface area contributed by atoms with Gasteiger partial charge < -0.3 is 14.3 Å². The van der Waals surface area contributed by atoms with Crippen molar-refractivity contribution in [1.82, 2.24) is 20.0 Å². The van der Waals surface area contributed by atoms with E-state index in [4.69, 9.17) is 4.52 Å². The Bertz CT molecular complexity index is 993. The van der Waals surface area contributed by atoms with Crippen LogP contribution in [0.3, 0.4) is 0 Å². The van der Waals surface area contributed by atoms with Gasteiger partial charge in [0.25, 0.3) is 0 Å². The molecule has 1 aromatic carbocycles. The fourth-order valence-electron chi connectivity index (χ4n) is 4.11. The van der Waals surface area contributed by atoms with Gasteiger partial charge in [0, 0.05) is 68.2 Å². The Labute approximate surface area is 187 Å². The summed E-state index contributed by atoms with van der Waals surface area (Å²) in [6.07, 6.45) is 1.85. The van der Waals surface area contributed by atoms with Crippen LogP contribution < -0.4 is 9.80 Å². The molecule has 2 fully saturated rings. The van der Waals surface area contributed by atoms with Crippen LogP contribution in [-0.2, 0) is 6.54 Å². The lowest BCUT2D eigenvalue weighted by molar-refractivity contribution is 0.215. The highest BCUT2D eigenvalue weighted by Crippen LogP contribution is 2.22. The number of thioether (sulfide) groups is 1. The lowest BCUT2D eigenvalue weighted by Crippen LogP contribution is -2.46. The molecule has 0 spiro atoms. The molecular weight excluding hydrogens is 408 g/mol. The third-order valence-electron chi connectivity index (χ3n) is 5.91. The van der Waals surface area contributed by atoms with E-state index in [0.29, 0.717) is 18.3 Å². The number of hydrogen-bond acceptors (Lipinski definition) is 8. The summed E-state index contributed by atoms with van der Waals surface area (Å²) in [5.41, 5.74) is 3.50. The second-order valence-corrected chi connectivity index (χ2v) is 9.34. The molecule has 0 atom stereocenters. The number of benzene rings is 1. The van der Waals surface area contributed by atoms with E-state index in [0.717, 1.165) is 62.2 Å². The number of nitrogens with zero attached hydrogens (tertiary/aromatic N) is 6. The van der Waals surface area contributed by atoms with E-state index in [-0.39, 0.29) is 0 Å². The highest BCUT2D eigenvalue weighted by atomic mass is 32.2. The van der Waals surface area contributed by atoms with Gasteiger partial charge in [-0.25, -0.2) is 4.98 Å². The fraction of sp³-hybridized carbons (Fsp3) is 0.435. The molecule has 0 saturated carbocycles. The van der Waals surface area contributed by atoms with Gasteiger partial charge in [-0.1, -0.05) is 17.3 Å². The van der Waals surface area contributed by atoms with Crippen molar-refractivity contribution in [2.45, 2.75) is 13.5 Å². The highest BCUT2D eigenvalue weighted by molar-refractivity contribution is 7.99. The summed E-state index contributed by atoms with van der Waals surface area (Å²) in [4.78, 5) is 16.4. The number of anilines is 2. The molecule has 0 N–H and O–H groups in total. The summed E-state index contributed by atoms with van der Waals surface area (Å²) in [5, 5.41) is 4.19. The van der Waals surface area contributed by atoms with Crippen LogP contribution in [0.25, 0.3) is 11.4 Å². The molecule has 162 valence electrons. The van der Waals surface area contributed by atoms with E-state index in [2.05, 4.69) is 67.1 Å². The third-order valence-corrected chi connectivity index (χ3v) is 6.85. The molecule has 2 saturated heterocycles. The first-order chi connectivity index (χ1) is 15.2. The maximum Gasteiger partial charge on any atom is 0.241 e. The van der Waals surface area contributed by atoms with Crippen LogP contribution in [0.15, 0.2) is 47.1 Å². The standard InChI is InChI=1S/C23H28N6OS/c1-18-3-2-4-20(15-18)28-9-7-27(8-10-28)17-22-25-23(26-30-22)19-5-6-21(24-16-19)29-11-13-31-14-12-29/h2-6,15-16H,7-14,17H2,1H3. The first-order valence-corrected chi connectivity index (χ1v) is 12.1. The van der Waals surface area contributed by atoms with E-state index in [9.17, 15) is 0 Å². The van der Waals surface area contributed by atoms with E-state index in [1.165, 1.54) is 11.3 Å². The fourth-order valence-corrected chi connectivity index (χ4v) is 5.02. The van der Waals surface area contributed by atoms with E-state index in [1.807, 2.05) is 24.0 Å². The summed E-state index contributed by atoms with van der Waals surface area (Å²) in [7, 11) is 0. The zero-order valence-corrected chi connectivity index (χ0v) is 18.7. The van der Waals surface area contributed by atoms with E-state index < -0.39 is 0 Å². The minimum atomic E-state index is 0.613. The average molecular weight is 437 g/mol. The van der Waals surface area contributed by atoms with Gasteiger partial charge in [-0.3, -0.25) is 4.90 Å².